The molecule has 0 unspecified atom stereocenters. The van der Waals surface area contributed by atoms with Crippen molar-refractivity contribution >= 4 is 11.6 Å². The molecule has 2 aromatic rings. The summed E-state index contributed by atoms with van der Waals surface area (Å²) >= 11 is 6.05. The van der Waals surface area contributed by atoms with Crippen LogP contribution in [0.4, 0.5) is 0 Å². The Morgan fingerprint density at radius 2 is 1.90 bits per heavy atom. The maximum absolute atomic E-state index is 9.27. The van der Waals surface area contributed by atoms with E-state index in [1.165, 1.54) is 0 Å². The molecule has 0 bridgehead atoms. The molecule has 0 saturated heterocycles. The molecular weight excluding hydrogens is 286 g/mol. The number of phenolic OH excluding ortho intramolecular Hbond substituents is 1. The van der Waals surface area contributed by atoms with Crippen LogP contribution in [0.1, 0.15) is 24.5 Å². The van der Waals surface area contributed by atoms with Gasteiger partial charge in [-0.15, -0.1) is 0 Å². The summed E-state index contributed by atoms with van der Waals surface area (Å²) in [6.07, 6.45) is 1.09. The van der Waals surface area contributed by atoms with Gasteiger partial charge in [0.05, 0.1) is 0 Å². The fourth-order valence-electron chi connectivity index (χ4n) is 1.98. The Hall–Kier alpha value is -1.71. The van der Waals surface area contributed by atoms with E-state index in [4.69, 9.17) is 16.3 Å². The first-order chi connectivity index (χ1) is 10.2. The van der Waals surface area contributed by atoms with Crippen molar-refractivity contribution in [2.75, 3.05) is 6.54 Å². The molecule has 4 heteroatoms. The molecule has 0 aliphatic carbocycles. The molecule has 0 aromatic heterocycles. The van der Waals surface area contributed by atoms with Crippen molar-refractivity contribution in [1.82, 2.24) is 5.32 Å². The maximum atomic E-state index is 9.27. The van der Waals surface area contributed by atoms with Crippen molar-refractivity contribution in [3.63, 3.8) is 0 Å². The number of rotatable bonds is 7. The lowest BCUT2D eigenvalue weighted by Crippen LogP contribution is -2.14. The molecular formula is C17H20ClNO2. The zero-order valence-electron chi connectivity index (χ0n) is 12.1. The summed E-state index contributed by atoms with van der Waals surface area (Å²) in [6, 6.07) is 12.7. The second-order valence-electron chi connectivity index (χ2n) is 4.88. The van der Waals surface area contributed by atoms with E-state index in [1.807, 2.05) is 30.3 Å². The molecule has 0 spiro atoms. The molecule has 0 heterocycles. The van der Waals surface area contributed by atoms with Crippen LogP contribution < -0.4 is 10.1 Å². The van der Waals surface area contributed by atoms with Gasteiger partial charge in [0.1, 0.15) is 18.1 Å². The van der Waals surface area contributed by atoms with Gasteiger partial charge in [-0.1, -0.05) is 30.7 Å². The predicted octanol–water partition coefficient (Wildman–Crippen LogP) is 4.12. The maximum Gasteiger partial charge on any atom is 0.124 e. The van der Waals surface area contributed by atoms with E-state index >= 15 is 0 Å². The van der Waals surface area contributed by atoms with Crippen LogP contribution in [-0.2, 0) is 13.2 Å². The molecule has 0 aliphatic rings. The van der Waals surface area contributed by atoms with E-state index in [2.05, 4.69) is 12.2 Å². The minimum absolute atomic E-state index is 0.259. The largest absolute Gasteiger partial charge is 0.508 e. The molecule has 0 radical (unpaired) electrons. The summed E-state index contributed by atoms with van der Waals surface area (Å²) in [4.78, 5) is 0. The molecule has 21 heavy (non-hydrogen) atoms. The summed E-state index contributed by atoms with van der Waals surface area (Å²) in [5, 5.41) is 13.3. The molecule has 2 N–H and O–H groups in total. The van der Waals surface area contributed by atoms with E-state index in [9.17, 15) is 5.11 Å². The van der Waals surface area contributed by atoms with Crippen molar-refractivity contribution < 1.29 is 9.84 Å². The molecule has 0 saturated carbocycles. The highest BCUT2D eigenvalue weighted by molar-refractivity contribution is 6.30. The van der Waals surface area contributed by atoms with Gasteiger partial charge in [-0.2, -0.15) is 0 Å². The van der Waals surface area contributed by atoms with Gasteiger partial charge < -0.3 is 15.2 Å². The van der Waals surface area contributed by atoms with Crippen LogP contribution in [0.5, 0.6) is 11.5 Å². The topological polar surface area (TPSA) is 41.5 Å². The third-order valence-corrected chi connectivity index (χ3v) is 3.33. The van der Waals surface area contributed by atoms with Crippen molar-refractivity contribution in [2.24, 2.45) is 0 Å². The highest BCUT2D eigenvalue weighted by atomic mass is 35.5. The van der Waals surface area contributed by atoms with Crippen LogP contribution in [0.25, 0.3) is 0 Å². The summed E-state index contributed by atoms with van der Waals surface area (Å²) in [5.41, 5.74) is 2.06. The number of nitrogens with one attached hydrogen (secondary N) is 1. The lowest BCUT2D eigenvalue weighted by atomic mass is 10.2. The second kappa shape index (κ2) is 7.91. The first-order valence-electron chi connectivity index (χ1n) is 7.09. The second-order valence-corrected chi connectivity index (χ2v) is 5.32. The number of aromatic hydroxyl groups is 1. The SMILES string of the molecule is CCCNCc1cc(Cl)ccc1OCc1ccc(O)cc1. The number of hydrogen-bond donors (Lipinski definition) is 2. The third kappa shape index (κ3) is 4.96. The van der Waals surface area contributed by atoms with Gasteiger partial charge in [0.15, 0.2) is 0 Å². The van der Waals surface area contributed by atoms with Crippen LogP contribution in [0.3, 0.4) is 0 Å². The van der Waals surface area contributed by atoms with Crippen LogP contribution in [0, 0.1) is 0 Å². The monoisotopic (exact) mass is 305 g/mol. The number of ether oxygens (including phenoxy) is 1. The van der Waals surface area contributed by atoms with Crippen molar-refractivity contribution in [3.8, 4) is 11.5 Å². The number of halogens is 1. The Balaban J connectivity index is 2.02. The van der Waals surface area contributed by atoms with Crippen LogP contribution >= 0.6 is 11.6 Å². The first kappa shape index (κ1) is 15.7. The minimum Gasteiger partial charge on any atom is -0.508 e. The van der Waals surface area contributed by atoms with Gasteiger partial charge in [0, 0.05) is 17.1 Å². The molecule has 2 aromatic carbocycles. The Bertz CT molecular complexity index is 570. The average Bonchev–Trinajstić information content (AvgIpc) is 2.48. The van der Waals surface area contributed by atoms with E-state index in [-0.39, 0.29) is 5.75 Å². The summed E-state index contributed by atoms with van der Waals surface area (Å²) in [7, 11) is 0. The summed E-state index contributed by atoms with van der Waals surface area (Å²) < 4.78 is 5.87. The number of hydrogen-bond acceptors (Lipinski definition) is 3. The van der Waals surface area contributed by atoms with E-state index < -0.39 is 0 Å². The van der Waals surface area contributed by atoms with Crippen molar-refractivity contribution in [2.45, 2.75) is 26.5 Å². The molecule has 0 atom stereocenters. The van der Waals surface area contributed by atoms with E-state index in [0.717, 1.165) is 36.4 Å². The van der Waals surface area contributed by atoms with Crippen molar-refractivity contribution in [1.29, 1.82) is 0 Å². The van der Waals surface area contributed by atoms with E-state index in [1.54, 1.807) is 12.1 Å². The quantitative estimate of drug-likeness (QED) is 0.756. The van der Waals surface area contributed by atoms with Gasteiger partial charge in [-0.3, -0.25) is 0 Å². The molecule has 0 fully saturated rings. The highest BCUT2D eigenvalue weighted by Gasteiger charge is 2.05. The van der Waals surface area contributed by atoms with Gasteiger partial charge in [-0.25, -0.2) is 0 Å². The highest BCUT2D eigenvalue weighted by Crippen LogP contribution is 2.24. The fraction of sp³-hybridized carbons (Fsp3) is 0.294. The first-order valence-corrected chi connectivity index (χ1v) is 7.46. The van der Waals surface area contributed by atoms with E-state index in [0.29, 0.717) is 11.6 Å². The molecule has 3 nitrogen and oxygen atoms in total. The number of phenols is 1. The van der Waals surface area contributed by atoms with Crippen molar-refractivity contribution in [3.05, 3.63) is 58.6 Å². The lowest BCUT2D eigenvalue weighted by Gasteiger charge is -2.13. The summed E-state index contributed by atoms with van der Waals surface area (Å²) in [5.74, 6) is 1.09. The molecule has 0 amide bonds. The van der Waals surface area contributed by atoms with Gasteiger partial charge >= 0.3 is 0 Å². The smallest absolute Gasteiger partial charge is 0.124 e. The Morgan fingerprint density at radius 3 is 2.62 bits per heavy atom. The zero-order chi connectivity index (χ0) is 15.1. The van der Waals surface area contributed by atoms with Gasteiger partial charge in [-0.05, 0) is 48.9 Å². The van der Waals surface area contributed by atoms with Crippen LogP contribution in [0.2, 0.25) is 5.02 Å². The van der Waals surface area contributed by atoms with Crippen LogP contribution in [0.15, 0.2) is 42.5 Å². The molecule has 112 valence electrons. The standard InChI is InChI=1S/C17H20ClNO2/c1-2-9-19-11-14-10-15(18)5-8-17(14)21-12-13-3-6-16(20)7-4-13/h3-8,10,19-20H,2,9,11-12H2,1H3. The third-order valence-electron chi connectivity index (χ3n) is 3.10. The minimum atomic E-state index is 0.259. The van der Waals surface area contributed by atoms with Gasteiger partial charge in [0.2, 0.25) is 0 Å². The Labute approximate surface area is 130 Å². The van der Waals surface area contributed by atoms with Gasteiger partial charge in [0.25, 0.3) is 0 Å². The summed E-state index contributed by atoms with van der Waals surface area (Å²) in [6.45, 7) is 4.29. The lowest BCUT2D eigenvalue weighted by molar-refractivity contribution is 0.302. The zero-order valence-corrected chi connectivity index (χ0v) is 12.9. The predicted molar refractivity (Wildman–Crippen MR) is 85.9 cm³/mol. The van der Waals surface area contributed by atoms with Crippen LogP contribution in [-0.4, -0.2) is 11.7 Å². The Kier molecular flexibility index (Phi) is 5.90. The molecule has 2 rings (SSSR count). The number of benzene rings is 2. The average molecular weight is 306 g/mol. The normalized spacial score (nSPS) is 10.6. The Morgan fingerprint density at radius 1 is 1.14 bits per heavy atom. The fourth-order valence-corrected chi connectivity index (χ4v) is 2.17. The molecule has 0 aliphatic heterocycles.